The SMILES string of the molecule is [2H]C([2H])([2H])Oc1ccc(C(=O)OC)c(N)c1. The summed E-state index contributed by atoms with van der Waals surface area (Å²) < 4.78 is 29.8. The lowest BCUT2D eigenvalue weighted by molar-refractivity contribution is 0.0602. The monoisotopic (exact) mass is 184 g/mol. The van der Waals surface area contributed by atoms with E-state index >= 15 is 0 Å². The number of esters is 1. The van der Waals surface area contributed by atoms with Crippen LogP contribution in [0.1, 0.15) is 14.5 Å². The van der Waals surface area contributed by atoms with Crippen LogP contribution in [0.3, 0.4) is 0 Å². The molecule has 0 aliphatic rings. The molecule has 70 valence electrons. The van der Waals surface area contributed by atoms with Gasteiger partial charge in [0.2, 0.25) is 0 Å². The molecule has 1 rings (SSSR count). The zero-order valence-electron chi connectivity index (χ0n) is 10.0. The number of hydrogen-bond donors (Lipinski definition) is 1. The molecular formula is C9H11NO3. The second kappa shape index (κ2) is 3.80. The Bertz CT molecular complexity index is 403. The molecule has 13 heavy (non-hydrogen) atoms. The van der Waals surface area contributed by atoms with Crippen molar-refractivity contribution in [3.05, 3.63) is 23.8 Å². The Labute approximate surface area is 80.5 Å². The largest absolute Gasteiger partial charge is 0.497 e. The molecule has 0 fully saturated rings. The summed E-state index contributed by atoms with van der Waals surface area (Å²) in [6.45, 7) is 0. The van der Waals surface area contributed by atoms with Gasteiger partial charge in [-0.25, -0.2) is 4.79 Å². The molecule has 0 aliphatic carbocycles. The highest BCUT2D eigenvalue weighted by Crippen LogP contribution is 2.19. The van der Waals surface area contributed by atoms with Crippen LogP contribution in [0.4, 0.5) is 5.69 Å². The lowest BCUT2D eigenvalue weighted by atomic mass is 10.2. The van der Waals surface area contributed by atoms with Crippen molar-refractivity contribution in [3.8, 4) is 5.75 Å². The third kappa shape index (κ3) is 1.90. The fourth-order valence-electron chi connectivity index (χ4n) is 0.900. The number of nitrogen functional groups attached to an aromatic ring is 1. The van der Waals surface area contributed by atoms with E-state index in [9.17, 15) is 4.79 Å². The first-order valence-corrected chi connectivity index (χ1v) is 3.50. The van der Waals surface area contributed by atoms with Crippen LogP contribution in [0.5, 0.6) is 5.75 Å². The zero-order valence-corrected chi connectivity index (χ0v) is 7.03. The number of anilines is 1. The molecule has 0 unspecified atom stereocenters. The minimum Gasteiger partial charge on any atom is -0.497 e. The molecule has 1 aromatic carbocycles. The van der Waals surface area contributed by atoms with Crippen LogP contribution in [0.15, 0.2) is 18.2 Å². The minimum atomic E-state index is -2.54. The van der Waals surface area contributed by atoms with Gasteiger partial charge in [-0.15, -0.1) is 0 Å². The Morgan fingerprint density at radius 3 is 2.92 bits per heavy atom. The van der Waals surface area contributed by atoms with Gasteiger partial charge < -0.3 is 15.2 Å². The van der Waals surface area contributed by atoms with Gasteiger partial charge >= 0.3 is 5.97 Å². The quantitative estimate of drug-likeness (QED) is 0.551. The van der Waals surface area contributed by atoms with E-state index in [4.69, 9.17) is 9.85 Å². The van der Waals surface area contributed by atoms with Crippen molar-refractivity contribution in [2.45, 2.75) is 0 Å². The van der Waals surface area contributed by atoms with Crippen LogP contribution >= 0.6 is 0 Å². The molecule has 4 nitrogen and oxygen atoms in total. The molecule has 0 radical (unpaired) electrons. The van der Waals surface area contributed by atoms with E-state index < -0.39 is 13.0 Å². The highest BCUT2D eigenvalue weighted by molar-refractivity contribution is 5.95. The van der Waals surface area contributed by atoms with Crippen LogP contribution in [-0.4, -0.2) is 20.1 Å². The average Bonchev–Trinajstić information content (AvgIpc) is 2.14. The second-order valence-electron chi connectivity index (χ2n) is 2.34. The Morgan fingerprint density at radius 2 is 2.38 bits per heavy atom. The number of carbonyl (C=O) groups excluding carboxylic acids is 1. The Hall–Kier alpha value is -1.71. The molecule has 0 bridgehead atoms. The summed E-state index contributed by atoms with van der Waals surface area (Å²) in [5.41, 5.74) is 5.82. The van der Waals surface area contributed by atoms with Crippen molar-refractivity contribution in [3.63, 3.8) is 0 Å². The fraction of sp³-hybridized carbons (Fsp3) is 0.222. The highest BCUT2D eigenvalue weighted by Gasteiger charge is 2.09. The van der Waals surface area contributed by atoms with Crippen molar-refractivity contribution in [2.24, 2.45) is 0 Å². The summed E-state index contributed by atoms with van der Waals surface area (Å²) in [4.78, 5) is 11.2. The van der Waals surface area contributed by atoms with Gasteiger partial charge in [0.1, 0.15) is 5.75 Å². The van der Waals surface area contributed by atoms with E-state index in [0.29, 0.717) is 0 Å². The fourth-order valence-corrected chi connectivity index (χ4v) is 0.900. The molecule has 0 aliphatic heterocycles. The summed E-state index contributed by atoms with van der Waals surface area (Å²) in [6.07, 6.45) is 0. The number of methoxy groups -OCH3 is 2. The predicted molar refractivity (Wildman–Crippen MR) is 48.7 cm³/mol. The summed E-state index contributed by atoms with van der Waals surface area (Å²) in [5, 5.41) is 0. The van der Waals surface area contributed by atoms with Crippen LogP contribution < -0.4 is 10.5 Å². The van der Waals surface area contributed by atoms with Crippen molar-refractivity contribution in [2.75, 3.05) is 19.9 Å². The van der Waals surface area contributed by atoms with Crippen LogP contribution in [0.25, 0.3) is 0 Å². The molecule has 0 heterocycles. The second-order valence-corrected chi connectivity index (χ2v) is 2.34. The van der Waals surface area contributed by atoms with Crippen LogP contribution in [-0.2, 0) is 4.74 Å². The van der Waals surface area contributed by atoms with Crippen LogP contribution in [0.2, 0.25) is 0 Å². The van der Waals surface area contributed by atoms with Gasteiger partial charge in [-0.2, -0.15) is 0 Å². The van der Waals surface area contributed by atoms with Gasteiger partial charge in [0.25, 0.3) is 0 Å². The summed E-state index contributed by atoms with van der Waals surface area (Å²) in [7, 11) is -1.31. The minimum absolute atomic E-state index is 0.0742. The zero-order chi connectivity index (χ0) is 12.3. The van der Waals surface area contributed by atoms with E-state index in [1.54, 1.807) is 0 Å². The number of carbonyl (C=O) groups is 1. The normalized spacial score (nSPS) is 13.8. The van der Waals surface area contributed by atoms with Gasteiger partial charge in [-0.05, 0) is 12.1 Å². The molecule has 4 heteroatoms. The number of hydrogen-bond acceptors (Lipinski definition) is 4. The number of ether oxygens (including phenoxy) is 2. The van der Waals surface area contributed by atoms with E-state index in [0.717, 1.165) is 0 Å². The standard InChI is InChI=1S/C9H11NO3/c1-12-6-3-4-7(8(10)5-6)9(11)13-2/h3-5H,10H2,1-2H3/i1D3. The maximum atomic E-state index is 11.2. The van der Waals surface area contributed by atoms with Crippen LogP contribution in [0, 0.1) is 0 Å². The third-order valence-corrected chi connectivity index (χ3v) is 1.55. The lowest BCUT2D eigenvalue weighted by Crippen LogP contribution is -2.05. The van der Waals surface area contributed by atoms with Crippen molar-refractivity contribution in [1.29, 1.82) is 0 Å². The maximum absolute atomic E-state index is 11.2. The van der Waals surface area contributed by atoms with E-state index in [2.05, 4.69) is 9.47 Å². The average molecular weight is 184 g/mol. The summed E-state index contributed by atoms with van der Waals surface area (Å²) >= 11 is 0. The molecule has 0 spiro atoms. The number of nitrogens with two attached hydrogens (primary N) is 1. The molecule has 0 atom stereocenters. The Morgan fingerprint density at radius 1 is 1.62 bits per heavy atom. The van der Waals surface area contributed by atoms with Crippen molar-refractivity contribution >= 4 is 11.7 Å². The summed E-state index contributed by atoms with van der Waals surface area (Å²) in [5.74, 6) is -0.511. The third-order valence-electron chi connectivity index (χ3n) is 1.55. The molecule has 1 aromatic rings. The smallest absolute Gasteiger partial charge is 0.339 e. The lowest BCUT2D eigenvalue weighted by Gasteiger charge is -2.05. The summed E-state index contributed by atoms with van der Waals surface area (Å²) in [6, 6.07) is 3.95. The molecule has 0 saturated heterocycles. The highest BCUT2D eigenvalue weighted by atomic mass is 16.5. The van der Waals surface area contributed by atoms with E-state index in [-0.39, 0.29) is 17.0 Å². The Balaban J connectivity index is 2.96. The van der Waals surface area contributed by atoms with Gasteiger partial charge in [0.15, 0.2) is 0 Å². The first-order valence-electron chi connectivity index (χ1n) is 5.00. The first-order chi connectivity index (χ1) is 7.33. The van der Waals surface area contributed by atoms with Gasteiger partial charge in [-0.3, -0.25) is 0 Å². The van der Waals surface area contributed by atoms with E-state index in [1.807, 2.05) is 0 Å². The number of rotatable bonds is 2. The maximum Gasteiger partial charge on any atom is 0.339 e. The van der Waals surface area contributed by atoms with Crippen molar-refractivity contribution < 1.29 is 18.4 Å². The topological polar surface area (TPSA) is 61.5 Å². The molecule has 0 aromatic heterocycles. The Kier molecular flexibility index (Phi) is 1.71. The van der Waals surface area contributed by atoms with Gasteiger partial charge in [-0.1, -0.05) is 0 Å². The van der Waals surface area contributed by atoms with Gasteiger partial charge in [0.05, 0.1) is 23.8 Å². The molecule has 0 saturated carbocycles. The van der Waals surface area contributed by atoms with Gasteiger partial charge in [0, 0.05) is 11.8 Å². The molecular weight excluding hydrogens is 170 g/mol. The predicted octanol–water partition coefficient (Wildman–Crippen LogP) is 1.06. The van der Waals surface area contributed by atoms with Crippen molar-refractivity contribution in [1.82, 2.24) is 0 Å². The van der Waals surface area contributed by atoms with E-state index in [1.165, 1.54) is 25.3 Å². The molecule has 0 amide bonds. The first kappa shape index (κ1) is 5.85. The number of benzene rings is 1. The molecule has 2 N–H and O–H groups in total.